The van der Waals surface area contributed by atoms with Crippen molar-refractivity contribution in [2.24, 2.45) is 7.05 Å². The van der Waals surface area contributed by atoms with Crippen LogP contribution in [-0.2, 0) is 30.0 Å². The zero-order chi connectivity index (χ0) is 16.1. The van der Waals surface area contributed by atoms with E-state index in [9.17, 15) is 8.42 Å². The van der Waals surface area contributed by atoms with Crippen LogP contribution in [0.2, 0.25) is 5.02 Å². The van der Waals surface area contributed by atoms with Crippen molar-refractivity contribution in [2.75, 3.05) is 6.54 Å². The largest absolute Gasteiger partial charge is 0.271 e. The molecule has 0 fully saturated rings. The summed E-state index contributed by atoms with van der Waals surface area (Å²) in [5.74, 6) is 0. The lowest BCUT2D eigenvalue weighted by molar-refractivity contribution is 0.391. The first-order valence-corrected chi connectivity index (χ1v) is 8.91. The van der Waals surface area contributed by atoms with Gasteiger partial charge in [-0.05, 0) is 37.5 Å². The molecule has 1 aliphatic rings. The fourth-order valence-corrected chi connectivity index (χ4v) is 5.04. The Bertz CT molecular complexity index is 843. The summed E-state index contributed by atoms with van der Waals surface area (Å²) < 4.78 is 29.1. The maximum Gasteiger partial charge on any atom is 0.247 e. The highest BCUT2D eigenvalue weighted by Crippen LogP contribution is 2.31. The van der Waals surface area contributed by atoms with Crippen LogP contribution in [0.4, 0.5) is 0 Å². The molecule has 22 heavy (non-hydrogen) atoms. The number of hydrogen-bond acceptors (Lipinski definition) is 3. The highest BCUT2D eigenvalue weighted by molar-refractivity contribution is 7.89. The first-order chi connectivity index (χ1) is 10.3. The number of fused-ring (bicyclic) bond motifs is 1. The van der Waals surface area contributed by atoms with Gasteiger partial charge in [-0.3, -0.25) is 4.68 Å². The minimum atomic E-state index is -3.57. The fraction of sp³-hybridized carbons (Fsp3) is 0.400. The molecule has 0 saturated carbocycles. The average molecular weight is 340 g/mol. The molecule has 5 nitrogen and oxygen atoms in total. The quantitative estimate of drug-likeness (QED) is 0.844. The maximum absolute atomic E-state index is 13.0. The minimum absolute atomic E-state index is 0.311. The van der Waals surface area contributed by atoms with Gasteiger partial charge in [-0.2, -0.15) is 9.40 Å². The summed E-state index contributed by atoms with van der Waals surface area (Å²) in [7, 11) is -1.82. The van der Waals surface area contributed by atoms with Gasteiger partial charge >= 0.3 is 0 Å². The maximum atomic E-state index is 13.0. The molecule has 118 valence electrons. The van der Waals surface area contributed by atoms with Gasteiger partial charge in [0.15, 0.2) is 0 Å². The third-order valence-corrected chi connectivity index (χ3v) is 6.67. The molecular formula is C15H18ClN3O2S. The molecule has 0 radical (unpaired) electrons. The molecule has 0 N–H and O–H groups in total. The standard InChI is InChI=1S/C15H18ClN3O2S/c1-10-15(11(2)18(3)17-10)22(20,21)19-8-7-12-5-4-6-14(16)13(12)9-19/h4-6H,7-9H2,1-3H3. The molecule has 0 bridgehead atoms. The van der Waals surface area contributed by atoms with Crippen LogP contribution in [-0.4, -0.2) is 29.0 Å². The van der Waals surface area contributed by atoms with E-state index in [1.165, 1.54) is 4.31 Å². The topological polar surface area (TPSA) is 55.2 Å². The number of sulfonamides is 1. The van der Waals surface area contributed by atoms with Crippen LogP contribution in [0.25, 0.3) is 0 Å². The van der Waals surface area contributed by atoms with Crippen LogP contribution in [0.3, 0.4) is 0 Å². The first-order valence-electron chi connectivity index (χ1n) is 7.09. The molecule has 1 aliphatic heterocycles. The molecule has 2 heterocycles. The number of aromatic nitrogens is 2. The molecule has 0 aliphatic carbocycles. The van der Waals surface area contributed by atoms with Gasteiger partial charge < -0.3 is 0 Å². The lowest BCUT2D eigenvalue weighted by Crippen LogP contribution is -2.36. The van der Waals surface area contributed by atoms with E-state index in [1.54, 1.807) is 31.6 Å². The van der Waals surface area contributed by atoms with Crippen molar-refractivity contribution >= 4 is 21.6 Å². The summed E-state index contributed by atoms with van der Waals surface area (Å²) in [4.78, 5) is 0.311. The summed E-state index contributed by atoms with van der Waals surface area (Å²) in [6.45, 7) is 4.27. The first kappa shape index (κ1) is 15.5. The smallest absolute Gasteiger partial charge is 0.247 e. The minimum Gasteiger partial charge on any atom is -0.271 e. The molecular weight excluding hydrogens is 322 g/mol. The Balaban J connectivity index is 2.03. The summed E-state index contributed by atoms with van der Waals surface area (Å²) in [6, 6.07) is 5.71. The highest BCUT2D eigenvalue weighted by atomic mass is 35.5. The van der Waals surface area contributed by atoms with E-state index >= 15 is 0 Å². The number of halogens is 1. The molecule has 7 heteroatoms. The zero-order valence-corrected chi connectivity index (χ0v) is 14.4. The SMILES string of the molecule is Cc1nn(C)c(C)c1S(=O)(=O)N1CCc2cccc(Cl)c2C1. The van der Waals surface area contributed by atoms with E-state index in [0.717, 1.165) is 11.1 Å². The third kappa shape index (κ3) is 2.35. The second-order valence-electron chi connectivity index (χ2n) is 5.59. The monoisotopic (exact) mass is 339 g/mol. The van der Waals surface area contributed by atoms with E-state index in [0.29, 0.717) is 40.8 Å². The van der Waals surface area contributed by atoms with E-state index in [2.05, 4.69) is 5.10 Å². The predicted octanol–water partition coefficient (Wildman–Crippen LogP) is 2.44. The Kier molecular flexibility index (Phi) is 3.79. The van der Waals surface area contributed by atoms with Gasteiger partial charge in [0.05, 0.1) is 11.4 Å². The zero-order valence-electron chi connectivity index (χ0n) is 12.8. The van der Waals surface area contributed by atoms with Crippen LogP contribution < -0.4 is 0 Å². The number of nitrogens with zero attached hydrogens (tertiary/aromatic N) is 3. The Morgan fingerprint density at radius 3 is 2.64 bits per heavy atom. The van der Waals surface area contributed by atoms with Gasteiger partial charge in [0.1, 0.15) is 4.90 Å². The molecule has 1 aromatic heterocycles. The number of benzene rings is 1. The molecule has 0 amide bonds. The second-order valence-corrected chi connectivity index (χ2v) is 7.87. The summed E-state index contributed by atoms with van der Waals surface area (Å²) >= 11 is 6.23. The van der Waals surface area contributed by atoms with Crippen LogP contribution in [0.15, 0.2) is 23.1 Å². The van der Waals surface area contributed by atoms with E-state index in [1.807, 2.05) is 12.1 Å². The van der Waals surface area contributed by atoms with Gasteiger partial charge in [0.25, 0.3) is 0 Å². The summed E-state index contributed by atoms with van der Waals surface area (Å²) in [5.41, 5.74) is 3.21. The highest BCUT2D eigenvalue weighted by Gasteiger charge is 2.33. The van der Waals surface area contributed by atoms with Crippen molar-refractivity contribution in [1.29, 1.82) is 0 Å². The number of hydrogen-bond donors (Lipinski definition) is 0. The summed E-state index contributed by atoms with van der Waals surface area (Å²) in [6.07, 6.45) is 0.674. The van der Waals surface area contributed by atoms with Crippen molar-refractivity contribution in [1.82, 2.24) is 14.1 Å². The van der Waals surface area contributed by atoms with Crippen LogP contribution in [0, 0.1) is 13.8 Å². The molecule has 0 unspecified atom stereocenters. The lowest BCUT2D eigenvalue weighted by atomic mass is 10.0. The van der Waals surface area contributed by atoms with Crippen LogP contribution in [0.1, 0.15) is 22.5 Å². The molecule has 0 spiro atoms. The predicted molar refractivity (Wildman–Crippen MR) is 85.4 cm³/mol. The van der Waals surface area contributed by atoms with Gasteiger partial charge in [0, 0.05) is 25.2 Å². The van der Waals surface area contributed by atoms with Crippen molar-refractivity contribution < 1.29 is 8.42 Å². The van der Waals surface area contributed by atoms with Gasteiger partial charge in [-0.15, -0.1) is 0 Å². The van der Waals surface area contributed by atoms with Gasteiger partial charge in [-0.1, -0.05) is 23.7 Å². The second kappa shape index (κ2) is 5.37. The van der Waals surface area contributed by atoms with Gasteiger partial charge in [0.2, 0.25) is 10.0 Å². The average Bonchev–Trinajstić information content (AvgIpc) is 2.72. The molecule has 1 aromatic carbocycles. The van der Waals surface area contributed by atoms with Gasteiger partial charge in [-0.25, -0.2) is 8.42 Å². The normalized spacial score (nSPS) is 15.8. The Hall–Kier alpha value is -1.37. The number of aryl methyl sites for hydroxylation is 2. The van der Waals surface area contributed by atoms with E-state index in [4.69, 9.17) is 11.6 Å². The molecule has 0 saturated heterocycles. The third-order valence-electron chi connectivity index (χ3n) is 4.22. The van der Waals surface area contributed by atoms with Crippen molar-refractivity contribution in [3.63, 3.8) is 0 Å². The Morgan fingerprint density at radius 1 is 1.27 bits per heavy atom. The lowest BCUT2D eigenvalue weighted by Gasteiger charge is -2.28. The van der Waals surface area contributed by atoms with Crippen molar-refractivity contribution in [2.45, 2.75) is 31.7 Å². The molecule has 0 atom stereocenters. The van der Waals surface area contributed by atoms with Crippen molar-refractivity contribution in [3.8, 4) is 0 Å². The molecule has 3 rings (SSSR count). The van der Waals surface area contributed by atoms with Crippen LogP contribution in [0.5, 0.6) is 0 Å². The molecule has 2 aromatic rings. The van der Waals surface area contributed by atoms with Crippen LogP contribution >= 0.6 is 11.6 Å². The number of rotatable bonds is 2. The Labute approximate surface area is 135 Å². The Morgan fingerprint density at radius 2 is 2.00 bits per heavy atom. The summed E-state index contributed by atoms with van der Waals surface area (Å²) in [5, 5.41) is 4.84. The van der Waals surface area contributed by atoms with E-state index < -0.39 is 10.0 Å². The van der Waals surface area contributed by atoms with Crippen molar-refractivity contribution in [3.05, 3.63) is 45.7 Å². The fourth-order valence-electron chi connectivity index (χ4n) is 2.98. The van der Waals surface area contributed by atoms with E-state index in [-0.39, 0.29) is 0 Å².